The van der Waals surface area contributed by atoms with Gasteiger partial charge in [-0.25, -0.2) is 0 Å². The van der Waals surface area contributed by atoms with E-state index >= 15 is 0 Å². The normalized spacial score (nSPS) is 14.8. The minimum absolute atomic E-state index is 0.415. The zero-order valence-electron chi connectivity index (χ0n) is 14.0. The lowest BCUT2D eigenvalue weighted by molar-refractivity contribution is -0.136. The van der Waals surface area contributed by atoms with E-state index in [1.54, 1.807) is 18.2 Å². The molecule has 2 rings (SSSR count). The Bertz CT molecular complexity index is 573. The first-order valence-corrected chi connectivity index (χ1v) is 7.75. The summed E-state index contributed by atoms with van der Waals surface area (Å²) in [6, 6.07) is 4.89. The summed E-state index contributed by atoms with van der Waals surface area (Å²) in [7, 11) is 3.03. The molecule has 1 aliphatic rings. The van der Waals surface area contributed by atoms with Gasteiger partial charge in [-0.3, -0.25) is 14.5 Å². The SMILES string of the molecule is COc1ccc(NC(=O)C(=O)NCCN2CCOCC2)cc1OC. The topological polar surface area (TPSA) is 89.1 Å². The maximum Gasteiger partial charge on any atom is 0.313 e. The molecule has 1 aromatic rings. The van der Waals surface area contributed by atoms with Gasteiger partial charge in [-0.15, -0.1) is 0 Å². The molecule has 1 saturated heterocycles. The fourth-order valence-electron chi connectivity index (χ4n) is 2.33. The molecule has 132 valence electrons. The van der Waals surface area contributed by atoms with Crippen LogP contribution in [0.1, 0.15) is 0 Å². The van der Waals surface area contributed by atoms with Gasteiger partial charge < -0.3 is 24.8 Å². The monoisotopic (exact) mass is 337 g/mol. The summed E-state index contributed by atoms with van der Waals surface area (Å²) in [5.74, 6) is -0.365. The molecule has 0 aromatic heterocycles. The van der Waals surface area contributed by atoms with Gasteiger partial charge in [0.2, 0.25) is 0 Å². The first-order valence-electron chi connectivity index (χ1n) is 7.75. The van der Waals surface area contributed by atoms with Crippen molar-refractivity contribution in [1.82, 2.24) is 10.2 Å². The molecule has 8 heteroatoms. The molecule has 0 bridgehead atoms. The zero-order valence-corrected chi connectivity index (χ0v) is 14.0. The molecule has 8 nitrogen and oxygen atoms in total. The first kappa shape index (κ1) is 18.0. The van der Waals surface area contributed by atoms with Crippen molar-refractivity contribution in [3.63, 3.8) is 0 Å². The van der Waals surface area contributed by atoms with Gasteiger partial charge in [0.1, 0.15) is 0 Å². The number of nitrogens with zero attached hydrogens (tertiary/aromatic N) is 1. The first-order chi connectivity index (χ1) is 11.6. The molecule has 1 aliphatic heterocycles. The number of hydrogen-bond donors (Lipinski definition) is 2. The van der Waals surface area contributed by atoms with Crippen LogP contribution in [0.3, 0.4) is 0 Å². The lowest BCUT2D eigenvalue weighted by Gasteiger charge is -2.26. The van der Waals surface area contributed by atoms with E-state index in [1.165, 1.54) is 14.2 Å². The van der Waals surface area contributed by atoms with Crippen molar-refractivity contribution in [2.24, 2.45) is 0 Å². The Morgan fingerprint density at radius 1 is 1.12 bits per heavy atom. The molecular weight excluding hydrogens is 314 g/mol. The fraction of sp³-hybridized carbons (Fsp3) is 0.500. The van der Waals surface area contributed by atoms with E-state index in [1.807, 2.05) is 0 Å². The van der Waals surface area contributed by atoms with Crippen LogP contribution in [0.25, 0.3) is 0 Å². The molecule has 0 atom stereocenters. The number of carbonyl (C=O) groups is 2. The summed E-state index contributed by atoms with van der Waals surface area (Å²) >= 11 is 0. The lowest BCUT2D eigenvalue weighted by Crippen LogP contribution is -2.43. The fourth-order valence-corrected chi connectivity index (χ4v) is 2.33. The van der Waals surface area contributed by atoms with Gasteiger partial charge in [0, 0.05) is 37.9 Å². The van der Waals surface area contributed by atoms with Crippen molar-refractivity contribution in [2.75, 3.05) is 58.9 Å². The molecule has 0 radical (unpaired) electrons. The molecule has 2 amide bonds. The highest BCUT2D eigenvalue weighted by Gasteiger charge is 2.16. The Balaban J connectivity index is 1.79. The smallest absolute Gasteiger partial charge is 0.313 e. The van der Waals surface area contributed by atoms with E-state index in [-0.39, 0.29) is 0 Å². The lowest BCUT2D eigenvalue weighted by atomic mass is 10.2. The second kappa shape index (κ2) is 9.09. The second-order valence-electron chi connectivity index (χ2n) is 5.23. The average Bonchev–Trinajstić information content (AvgIpc) is 2.62. The predicted molar refractivity (Wildman–Crippen MR) is 88.4 cm³/mol. The summed E-state index contributed by atoms with van der Waals surface area (Å²) in [6.07, 6.45) is 0. The molecule has 0 saturated carbocycles. The van der Waals surface area contributed by atoms with Crippen LogP contribution in [0.4, 0.5) is 5.69 Å². The zero-order chi connectivity index (χ0) is 17.4. The Kier molecular flexibility index (Phi) is 6.83. The molecule has 1 heterocycles. The maximum atomic E-state index is 11.9. The molecule has 2 N–H and O–H groups in total. The van der Waals surface area contributed by atoms with Crippen LogP contribution in [0, 0.1) is 0 Å². The molecule has 1 fully saturated rings. The molecule has 24 heavy (non-hydrogen) atoms. The van der Waals surface area contributed by atoms with E-state index in [9.17, 15) is 9.59 Å². The Labute approximate surface area is 141 Å². The number of anilines is 1. The van der Waals surface area contributed by atoms with Crippen LogP contribution in [0.2, 0.25) is 0 Å². The van der Waals surface area contributed by atoms with Crippen LogP contribution in [-0.4, -0.2) is 70.3 Å². The standard InChI is InChI=1S/C16H23N3O5/c1-22-13-4-3-12(11-14(13)23-2)18-16(21)15(20)17-5-6-19-7-9-24-10-8-19/h3-4,11H,5-10H2,1-2H3,(H,17,20)(H,18,21). The molecule has 0 spiro atoms. The van der Waals surface area contributed by atoms with E-state index in [0.29, 0.717) is 43.5 Å². The van der Waals surface area contributed by atoms with E-state index in [0.717, 1.165) is 13.1 Å². The van der Waals surface area contributed by atoms with Crippen molar-refractivity contribution in [1.29, 1.82) is 0 Å². The van der Waals surface area contributed by atoms with E-state index < -0.39 is 11.8 Å². The quantitative estimate of drug-likeness (QED) is 0.715. The third-order valence-electron chi connectivity index (χ3n) is 3.66. The van der Waals surface area contributed by atoms with E-state index in [4.69, 9.17) is 14.2 Å². The summed E-state index contributed by atoms with van der Waals surface area (Å²) < 4.78 is 15.5. The van der Waals surface area contributed by atoms with Gasteiger partial charge in [-0.2, -0.15) is 0 Å². The Morgan fingerprint density at radius 2 is 1.83 bits per heavy atom. The number of carbonyl (C=O) groups excluding carboxylic acids is 2. The summed E-state index contributed by atoms with van der Waals surface area (Å²) in [4.78, 5) is 25.9. The number of rotatable bonds is 6. The second-order valence-corrected chi connectivity index (χ2v) is 5.23. The van der Waals surface area contributed by atoms with Gasteiger partial charge in [0.05, 0.1) is 27.4 Å². The molecule has 1 aromatic carbocycles. The van der Waals surface area contributed by atoms with Crippen LogP contribution in [-0.2, 0) is 14.3 Å². The van der Waals surface area contributed by atoms with Crippen LogP contribution < -0.4 is 20.1 Å². The van der Waals surface area contributed by atoms with Gasteiger partial charge in [-0.05, 0) is 12.1 Å². The van der Waals surface area contributed by atoms with Crippen molar-refractivity contribution in [2.45, 2.75) is 0 Å². The minimum atomic E-state index is -0.718. The van der Waals surface area contributed by atoms with Gasteiger partial charge >= 0.3 is 11.8 Å². The molecule has 0 aliphatic carbocycles. The number of benzene rings is 1. The summed E-state index contributed by atoms with van der Waals surface area (Å²) in [6.45, 7) is 4.19. The van der Waals surface area contributed by atoms with Crippen LogP contribution >= 0.6 is 0 Å². The highest BCUT2D eigenvalue weighted by atomic mass is 16.5. The van der Waals surface area contributed by atoms with Crippen molar-refractivity contribution in [3.8, 4) is 11.5 Å². The number of hydrogen-bond acceptors (Lipinski definition) is 6. The number of amides is 2. The molecular formula is C16H23N3O5. The highest BCUT2D eigenvalue weighted by molar-refractivity contribution is 6.39. The van der Waals surface area contributed by atoms with Gasteiger partial charge in [-0.1, -0.05) is 0 Å². The third-order valence-corrected chi connectivity index (χ3v) is 3.66. The number of nitrogens with one attached hydrogen (secondary N) is 2. The molecule has 0 unspecified atom stereocenters. The third kappa shape index (κ3) is 5.10. The summed E-state index contributed by atoms with van der Waals surface area (Å²) in [5.41, 5.74) is 0.459. The van der Waals surface area contributed by atoms with Gasteiger partial charge in [0.15, 0.2) is 11.5 Å². The average molecular weight is 337 g/mol. The van der Waals surface area contributed by atoms with Crippen molar-refractivity contribution < 1.29 is 23.8 Å². The number of ether oxygens (including phenoxy) is 3. The van der Waals surface area contributed by atoms with Crippen LogP contribution in [0.15, 0.2) is 18.2 Å². The maximum absolute atomic E-state index is 11.9. The van der Waals surface area contributed by atoms with Crippen LogP contribution in [0.5, 0.6) is 11.5 Å². The largest absolute Gasteiger partial charge is 0.493 e. The van der Waals surface area contributed by atoms with E-state index in [2.05, 4.69) is 15.5 Å². The Hall–Kier alpha value is -2.32. The summed E-state index contributed by atoms with van der Waals surface area (Å²) in [5, 5.41) is 5.15. The van der Waals surface area contributed by atoms with Crippen molar-refractivity contribution >= 4 is 17.5 Å². The highest BCUT2D eigenvalue weighted by Crippen LogP contribution is 2.29. The number of morpholine rings is 1. The minimum Gasteiger partial charge on any atom is -0.493 e. The predicted octanol–water partition coefficient (Wildman–Crippen LogP) is 0.0907. The Morgan fingerprint density at radius 3 is 2.50 bits per heavy atom. The number of methoxy groups -OCH3 is 2. The van der Waals surface area contributed by atoms with Crippen molar-refractivity contribution in [3.05, 3.63) is 18.2 Å². The van der Waals surface area contributed by atoms with Gasteiger partial charge in [0.25, 0.3) is 0 Å².